The van der Waals surface area contributed by atoms with E-state index in [2.05, 4.69) is 5.32 Å². The highest BCUT2D eigenvalue weighted by molar-refractivity contribution is 5.90. The lowest BCUT2D eigenvalue weighted by Gasteiger charge is -2.36. The Balaban J connectivity index is 2.34. The number of ether oxygens (including phenoxy) is 1. The molecule has 0 unspecified atom stereocenters. The first kappa shape index (κ1) is 18.3. The SMILES string of the molecule is CCCOCC(=O)N1CCNC(=O)[C@@H]1c1ccccc1C(F)(F)F. The molecule has 1 aliphatic rings. The van der Waals surface area contributed by atoms with Crippen molar-refractivity contribution in [1.82, 2.24) is 10.2 Å². The van der Waals surface area contributed by atoms with Crippen molar-refractivity contribution in [2.75, 3.05) is 26.3 Å². The van der Waals surface area contributed by atoms with Crippen LogP contribution in [0.25, 0.3) is 0 Å². The molecule has 1 N–H and O–H groups in total. The first-order valence-corrected chi connectivity index (χ1v) is 7.67. The van der Waals surface area contributed by atoms with Crippen LogP contribution in [0.5, 0.6) is 0 Å². The summed E-state index contributed by atoms with van der Waals surface area (Å²) in [6.45, 7) is 2.32. The van der Waals surface area contributed by atoms with Gasteiger partial charge in [-0.05, 0) is 18.1 Å². The van der Waals surface area contributed by atoms with Gasteiger partial charge in [-0.25, -0.2) is 0 Å². The van der Waals surface area contributed by atoms with Crippen LogP contribution >= 0.6 is 0 Å². The zero-order chi connectivity index (χ0) is 17.7. The monoisotopic (exact) mass is 344 g/mol. The summed E-state index contributed by atoms with van der Waals surface area (Å²) in [5.74, 6) is -1.12. The van der Waals surface area contributed by atoms with Crippen molar-refractivity contribution in [2.45, 2.75) is 25.6 Å². The van der Waals surface area contributed by atoms with Gasteiger partial charge in [-0.1, -0.05) is 25.1 Å². The highest BCUT2D eigenvalue weighted by Gasteiger charge is 2.41. The molecule has 0 saturated carbocycles. The number of nitrogens with zero attached hydrogens (tertiary/aromatic N) is 1. The van der Waals surface area contributed by atoms with Crippen molar-refractivity contribution >= 4 is 11.8 Å². The lowest BCUT2D eigenvalue weighted by atomic mass is 9.96. The van der Waals surface area contributed by atoms with Crippen LogP contribution in [0, 0.1) is 0 Å². The number of halogens is 3. The Bertz CT molecular complexity index is 604. The molecular formula is C16H19F3N2O3. The van der Waals surface area contributed by atoms with Gasteiger partial charge in [-0.2, -0.15) is 13.2 Å². The molecule has 1 aliphatic heterocycles. The van der Waals surface area contributed by atoms with Crippen molar-refractivity contribution in [3.63, 3.8) is 0 Å². The Kier molecular flexibility index (Phi) is 5.82. The number of benzene rings is 1. The van der Waals surface area contributed by atoms with Gasteiger partial charge in [0.1, 0.15) is 12.6 Å². The van der Waals surface area contributed by atoms with Crippen molar-refractivity contribution in [2.24, 2.45) is 0 Å². The highest BCUT2D eigenvalue weighted by atomic mass is 19.4. The summed E-state index contributed by atoms with van der Waals surface area (Å²) in [4.78, 5) is 25.7. The first-order valence-electron chi connectivity index (χ1n) is 7.67. The zero-order valence-electron chi connectivity index (χ0n) is 13.2. The van der Waals surface area contributed by atoms with Crippen molar-refractivity contribution in [1.29, 1.82) is 0 Å². The van der Waals surface area contributed by atoms with Crippen LogP contribution in [0.4, 0.5) is 13.2 Å². The molecule has 8 heteroatoms. The summed E-state index contributed by atoms with van der Waals surface area (Å²) in [5.41, 5.74) is -1.15. The number of hydrogen-bond donors (Lipinski definition) is 1. The van der Waals surface area contributed by atoms with Crippen LogP contribution in [0.1, 0.15) is 30.5 Å². The van der Waals surface area contributed by atoms with E-state index in [9.17, 15) is 22.8 Å². The van der Waals surface area contributed by atoms with Gasteiger partial charge in [-0.15, -0.1) is 0 Å². The third-order valence-electron chi connectivity index (χ3n) is 3.67. The fraction of sp³-hybridized carbons (Fsp3) is 0.500. The van der Waals surface area contributed by atoms with E-state index in [-0.39, 0.29) is 25.3 Å². The molecule has 1 atom stereocenters. The van der Waals surface area contributed by atoms with Gasteiger partial charge in [0.05, 0.1) is 5.56 Å². The van der Waals surface area contributed by atoms with E-state index in [1.54, 1.807) is 0 Å². The van der Waals surface area contributed by atoms with E-state index in [1.165, 1.54) is 18.2 Å². The number of rotatable bonds is 5. The van der Waals surface area contributed by atoms with Gasteiger partial charge >= 0.3 is 6.18 Å². The number of hydrogen-bond acceptors (Lipinski definition) is 3. The molecule has 0 aromatic heterocycles. The normalized spacial score (nSPS) is 18.4. The molecule has 0 aliphatic carbocycles. The summed E-state index contributed by atoms with van der Waals surface area (Å²) in [6, 6.07) is 3.50. The molecule has 5 nitrogen and oxygen atoms in total. The molecular weight excluding hydrogens is 325 g/mol. The van der Waals surface area contributed by atoms with Gasteiger partial charge in [0.15, 0.2) is 0 Å². The molecule has 1 fully saturated rings. The van der Waals surface area contributed by atoms with Crippen molar-refractivity contribution in [3.05, 3.63) is 35.4 Å². The van der Waals surface area contributed by atoms with Gasteiger partial charge in [-0.3, -0.25) is 9.59 Å². The molecule has 0 bridgehead atoms. The summed E-state index contributed by atoms with van der Waals surface area (Å²) >= 11 is 0. The van der Waals surface area contributed by atoms with Gasteiger partial charge in [0.25, 0.3) is 0 Å². The Morgan fingerprint density at radius 3 is 2.75 bits per heavy atom. The molecule has 2 rings (SSSR count). The van der Waals surface area contributed by atoms with Crippen molar-refractivity contribution in [3.8, 4) is 0 Å². The Morgan fingerprint density at radius 1 is 1.38 bits per heavy atom. The van der Waals surface area contributed by atoms with E-state index in [1.807, 2.05) is 6.92 Å². The second-order valence-electron chi connectivity index (χ2n) is 5.42. The average Bonchev–Trinajstić information content (AvgIpc) is 2.54. The standard InChI is InChI=1S/C16H19F3N2O3/c1-2-9-24-10-13(22)21-8-7-20-15(23)14(21)11-5-3-4-6-12(11)16(17,18)19/h3-6,14H,2,7-10H2,1H3,(H,20,23)/t14-/m0/s1. The first-order chi connectivity index (χ1) is 11.4. The van der Waals surface area contributed by atoms with Gasteiger partial charge < -0.3 is 15.0 Å². The number of carbonyl (C=O) groups excluding carboxylic acids is 2. The lowest BCUT2D eigenvalue weighted by Crippen LogP contribution is -2.53. The number of carbonyl (C=O) groups is 2. The van der Waals surface area contributed by atoms with Crippen LogP contribution in [-0.4, -0.2) is 43.0 Å². The van der Waals surface area contributed by atoms with Crippen LogP contribution in [0.2, 0.25) is 0 Å². The van der Waals surface area contributed by atoms with Crippen LogP contribution in [-0.2, 0) is 20.5 Å². The Morgan fingerprint density at radius 2 is 2.08 bits per heavy atom. The maximum Gasteiger partial charge on any atom is 0.416 e. The Labute approximate surface area is 137 Å². The van der Waals surface area contributed by atoms with E-state index in [0.717, 1.165) is 11.0 Å². The third kappa shape index (κ3) is 4.05. The zero-order valence-corrected chi connectivity index (χ0v) is 13.2. The largest absolute Gasteiger partial charge is 0.416 e. The molecule has 132 valence electrons. The van der Waals surface area contributed by atoms with Gasteiger partial charge in [0.2, 0.25) is 11.8 Å². The fourth-order valence-electron chi connectivity index (χ4n) is 2.63. The van der Waals surface area contributed by atoms with E-state index in [0.29, 0.717) is 13.0 Å². The minimum atomic E-state index is -4.61. The minimum Gasteiger partial charge on any atom is -0.372 e. The maximum atomic E-state index is 13.2. The van der Waals surface area contributed by atoms with E-state index in [4.69, 9.17) is 4.74 Å². The maximum absolute atomic E-state index is 13.2. The summed E-state index contributed by atoms with van der Waals surface area (Å²) in [7, 11) is 0. The molecule has 1 aromatic carbocycles. The lowest BCUT2D eigenvalue weighted by molar-refractivity contribution is -0.149. The summed E-state index contributed by atoms with van der Waals surface area (Å²) < 4.78 is 44.9. The molecule has 1 heterocycles. The van der Waals surface area contributed by atoms with Crippen LogP contribution in [0.15, 0.2) is 24.3 Å². The van der Waals surface area contributed by atoms with Crippen LogP contribution in [0.3, 0.4) is 0 Å². The predicted octanol–water partition coefficient (Wildman–Crippen LogP) is 2.13. The average molecular weight is 344 g/mol. The highest BCUT2D eigenvalue weighted by Crippen LogP contribution is 2.37. The fourth-order valence-corrected chi connectivity index (χ4v) is 2.63. The van der Waals surface area contributed by atoms with Crippen LogP contribution < -0.4 is 5.32 Å². The second kappa shape index (κ2) is 7.65. The quantitative estimate of drug-likeness (QED) is 0.833. The summed E-state index contributed by atoms with van der Waals surface area (Å²) in [5, 5.41) is 2.52. The molecule has 24 heavy (non-hydrogen) atoms. The Hall–Kier alpha value is -2.09. The number of alkyl halides is 3. The molecule has 0 spiro atoms. The smallest absolute Gasteiger partial charge is 0.372 e. The molecule has 1 saturated heterocycles. The van der Waals surface area contributed by atoms with Crippen molar-refractivity contribution < 1.29 is 27.5 Å². The number of amides is 2. The number of piperazine rings is 1. The topological polar surface area (TPSA) is 58.6 Å². The molecule has 0 radical (unpaired) electrons. The van der Waals surface area contributed by atoms with E-state index < -0.39 is 29.6 Å². The second-order valence-corrected chi connectivity index (χ2v) is 5.42. The third-order valence-corrected chi connectivity index (χ3v) is 3.67. The number of nitrogens with one attached hydrogen (secondary N) is 1. The minimum absolute atomic E-state index is 0.136. The molecule has 1 aromatic rings. The molecule has 2 amide bonds. The van der Waals surface area contributed by atoms with Gasteiger partial charge in [0, 0.05) is 19.7 Å². The van der Waals surface area contributed by atoms with E-state index >= 15 is 0 Å². The predicted molar refractivity (Wildman–Crippen MR) is 80.0 cm³/mol. The summed E-state index contributed by atoms with van der Waals surface area (Å²) in [6.07, 6.45) is -3.89.